The van der Waals surface area contributed by atoms with Gasteiger partial charge < -0.3 is 0 Å². The molecule has 0 fully saturated rings. The number of hydrogen-bond acceptors (Lipinski definition) is 3. The van der Waals surface area contributed by atoms with Gasteiger partial charge in [-0.1, -0.05) is 0 Å². The summed E-state index contributed by atoms with van der Waals surface area (Å²) in [5, 5.41) is 2.08. The van der Waals surface area contributed by atoms with Crippen LogP contribution in [-0.4, -0.2) is 32.5 Å². The molecule has 1 heterocycles. The molecular weight excluding hydrogens is 503 g/mol. The molecule has 0 aliphatic rings. The Bertz CT molecular complexity index is 615. The Balaban J connectivity index is 3.05. The van der Waals surface area contributed by atoms with Crippen LogP contribution in [0, 0.1) is 0 Å². The number of rotatable bonds is 18. The summed E-state index contributed by atoms with van der Waals surface area (Å²) in [6.07, 6.45) is 14.3. The molecular formula is C24H46O2S2Sn. The van der Waals surface area contributed by atoms with Gasteiger partial charge >= 0.3 is 191 Å². The van der Waals surface area contributed by atoms with Crippen molar-refractivity contribution in [1.29, 1.82) is 0 Å². The summed E-state index contributed by atoms with van der Waals surface area (Å²) in [4.78, 5) is 0.759. The average Bonchev–Trinajstić information content (AvgIpc) is 3.22. The van der Waals surface area contributed by atoms with E-state index >= 15 is 0 Å². The number of thiophene rings is 1. The number of hydrogen-bond donors (Lipinski definition) is 0. The number of sulfone groups is 1. The monoisotopic (exact) mass is 550 g/mol. The van der Waals surface area contributed by atoms with Gasteiger partial charge in [0.25, 0.3) is 0 Å². The zero-order chi connectivity index (χ0) is 21.6. The van der Waals surface area contributed by atoms with E-state index in [9.17, 15) is 8.42 Å². The average molecular weight is 549 g/mol. The Morgan fingerprint density at radius 2 is 1.21 bits per heavy atom. The molecule has 29 heavy (non-hydrogen) atoms. The first kappa shape index (κ1) is 27.5. The molecule has 0 N–H and O–H groups in total. The third kappa shape index (κ3) is 9.22. The van der Waals surface area contributed by atoms with Crippen molar-refractivity contribution in [3.8, 4) is 0 Å². The molecule has 170 valence electrons. The van der Waals surface area contributed by atoms with E-state index in [2.05, 4.69) is 33.1 Å². The van der Waals surface area contributed by atoms with Crippen LogP contribution in [0.3, 0.4) is 0 Å². The summed E-state index contributed by atoms with van der Waals surface area (Å²) >= 11 is -0.894. The van der Waals surface area contributed by atoms with Crippen LogP contribution in [0.1, 0.15) is 105 Å². The molecule has 0 atom stereocenters. The molecule has 1 aromatic rings. The van der Waals surface area contributed by atoms with Gasteiger partial charge in [-0.25, -0.2) is 0 Å². The minimum atomic E-state index is -3.14. The second kappa shape index (κ2) is 15.3. The van der Waals surface area contributed by atoms with Crippen LogP contribution >= 0.6 is 11.3 Å². The first-order chi connectivity index (χ1) is 14.0. The van der Waals surface area contributed by atoms with E-state index in [0.29, 0.717) is 5.75 Å². The fourth-order valence-electron chi connectivity index (χ4n) is 4.37. The Hall–Kier alpha value is 0.449. The normalized spacial score (nSPS) is 12.6. The van der Waals surface area contributed by atoms with E-state index in [1.807, 2.05) is 6.07 Å². The van der Waals surface area contributed by atoms with Gasteiger partial charge in [0, 0.05) is 0 Å². The van der Waals surface area contributed by atoms with Gasteiger partial charge in [0.15, 0.2) is 0 Å². The zero-order valence-corrected chi connectivity index (χ0v) is 24.1. The molecule has 0 amide bonds. The van der Waals surface area contributed by atoms with Crippen LogP contribution in [-0.2, 0) is 9.84 Å². The predicted molar refractivity (Wildman–Crippen MR) is 134 cm³/mol. The van der Waals surface area contributed by atoms with E-state index in [1.54, 1.807) is 11.3 Å². The summed E-state index contributed by atoms with van der Waals surface area (Å²) < 4.78 is 32.0. The third-order valence-electron chi connectivity index (χ3n) is 6.24. The fourth-order valence-corrected chi connectivity index (χ4v) is 29.3. The standard InChI is InChI=1S/C12H19O2S2.3C4H9.Sn/c1-2-3-4-5-6-7-10-16(13,14)12-8-9-15-11-12;3*1-3-4-2;/h8-9H,2-7,10H2,1H3;3*1,3-4H2,2H3;. The van der Waals surface area contributed by atoms with E-state index in [4.69, 9.17) is 0 Å². The van der Waals surface area contributed by atoms with E-state index in [1.165, 1.54) is 80.4 Å². The van der Waals surface area contributed by atoms with E-state index < -0.39 is 28.2 Å². The van der Waals surface area contributed by atoms with Crippen LogP contribution in [0.4, 0.5) is 0 Å². The molecule has 0 bridgehead atoms. The fraction of sp³-hybridized carbons (Fsp3) is 0.833. The zero-order valence-electron chi connectivity index (χ0n) is 19.6. The molecule has 0 saturated heterocycles. The molecule has 0 saturated carbocycles. The van der Waals surface area contributed by atoms with Gasteiger partial charge in [-0.05, 0) is 0 Å². The van der Waals surface area contributed by atoms with Crippen molar-refractivity contribution in [3.63, 3.8) is 0 Å². The predicted octanol–water partition coefficient (Wildman–Crippen LogP) is 7.94. The Morgan fingerprint density at radius 3 is 1.72 bits per heavy atom. The van der Waals surface area contributed by atoms with Gasteiger partial charge in [-0.15, -0.1) is 0 Å². The van der Waals surface area contributed by atoms with Gasteiger partial charge in [0.05, 0.1) is 0 Å². The van der Waals surface area contributed by atoms with Crippen molar-refractivity contribution in [3.05, 3.63) is 11.4 Å². The first-order valence-corrected chi connectivity index (χ1v) is 22.3. The molecule has 2 nitrogen and oxygen atoms in total. The molecule has 0 unspecified atom stereocenters. The quantitative estimate of drug-likeness (QED) is 0.138. The van der Waals surface area contributed by atoms with Crippen molar-refractivity contribution in [1.82, 2.24) is 0 Å². The molecule has 0 aliphatic heterocycles. The SMILES string of the molecule is CCCCCCCCS(=O)(=O)c1ccs[c]1[Sn]([CH2]CCC)([CH2]CCC)[CH2]CCC. The summed E-state index contributed by atoms with van der Waals surface area (Å²) in [6.45, 7) is 9.05. The maximum atomic E-state index is 13.3. The van der Waals surface area contributed by atoms with Crippen LogP contribution in [0.5, 0.6) is 0 Å². The van der Waals surface area contributed by atoms with Crippen LogP contribution in [0.15, 0.2) is 16.3 Å². The van der Waals surface area contributed by atoms with Crippen molar-refractivity contribution in [2.75, 3.05) is 5.75 Å². The van der Waals surface area contributed by atoms with Gasteiger partial charge in [0.2, 0.25) is 0 Å². The molecule has 0 spiro atoms. The Morgan fingerprint density at radius 1 is 0.724 bits per heavy atom. The summed E-state index contributed by atoms with van der Waals surface area (Å²) in [5.74, 6) is 0.347. The van der Waals surface area contributed by atoms with Gasteiger partial charge in [-0.3, -0.25) is 0 Å². The Kier molecular flexibility index (Phi) is 14.5. The molecule has 0 radical (unpaired) electrons. The summed E-state index contributed by atoms with van der Waals surface area (Å²) in [6, 6.07) is 1.96. The van der Waals surface area contributed by atoms with Crippen molar-refractivity contribution in [2.45, 2.75) is 123 Å². The topological polar surface area (TPSA) is 34.1 Å². The molecule has 1 rings (SSSR count). The second-order valence-corrected chi connectivity index (χ2v) is 25.8. The summed E-state index contributed by atoms with van der Waals surface area (Å²) in [5.41, 5.74) is 0. The Labute approximate surface area is 190 Å². The summed E-state index contributed by atoms with van der Waals surface area (Å²) in [7, 11) is -3.14. The van der Waals surface area contributed by atoms with Crippen LogP contribution in [0.2, 0.25) is 13.3 Å². The maximum absolute atomic E-state index is 13.3. The van der Waals surface area contributed by atoms with Crippen LogP contribution in [0.25, 0.3) is 0 Å². The minimum absolute atomic E-state index is 0.347. The first-order valence-electron chi connectivity index (χ1n) is 12.3. The van der Waals surface area contributed by atoms with Gasteiger partial charge in [-0.2, -0.15) is 0 Å². The molecule has 5 heteroatoms. The van der Waals surface area contributed by atoms with E-state index in [0.717, 1.165) is 17.7 Å². The molecule has 0 aromatic carbocycles. The van der Waals surface area contributed by atoms with Crippen molar-refractivity contribution < 1.29 is 8.42 Å². The van der Waals surface area contributed by atoms with Crippen LogP contribution < -0.4 is 2.89 Å². The number of unbranched alkanes of at least 4 members (excludes halogenated alkanes) is 8. The second-order valence-electron chi connectivity index (χ2n) is 8.79. The van der Waals surface area contributed by atoms with E-state index in [-0.39, 0.29) is 0 Å². The molecule has 1 aromatic heterocycles. The van der Waals surface area contributed by atoms with Gasteiger partial charge in [0.1, 0.15) is 0 Å². The molecule has 0 aliphatic carbocycles. The third-order valence-corrected chi connectivity index (χ3v) is 28.1. The van der Waals surface area contributed by atoms with Crippen molar-refractivity contribution in [2.24, 2.45) is 0 Å². The van der Waals surface area contributed by atoms with Crippen molar-refractivity contribution >= 4 is 42.4 Å².